The van der Waals surface area contributed by atoms with Gasteiger partial charge < -0.3 is 10.8 Å². The van der Waals surface area contributed by atoms with Gasteiger partial charge in [-0.1, -0.05) is 0 Å². The van der Waals surface area contributed by atoms with Gasteiger partial charge in [-0.3, -0.25) is 9.48 Å². The summed E-state index contributed by atoms with van der Waals surface area (Å²) in [5.74, 6) is -0.372. The molecule has 0 aliphatic heterocycles. The molecule has 16 heavy (non-hydrogen) atoms. The molecule has 2 rings (SSSR count). The molecule has 1 aromatic rings. The maximum absolute atomic E-state index is 10.7. The minimum absolute atomic E-state index is 0.0370. The van der Waals surface area contributed by atoms with E-state index in [0.29, 0.717) is 12.5 Å². The van der Waals surface area contributed by atoms with E-state index in [1.165, 1.54) is 5.56 Å². The first-order chi connectivity index (χ1) is 7.72. The summed E-state index contributed by atoms with van der Waals surface area (Å²) in [6, 6.07) is 0. The Morgan fingerprint density at radius 3 is 3.19 bits per heavy atom. The van der Waals surface area contributed by atoms with Crippen molar-refractivity contribution in [2.24, 2.45) is 5.73 Å². The van der Waals surface area contributed by atoms with Gasteiger partial charge in [-0.2, -0.15) is 5.10 Å². The number of fused-ring (bicyclic) bond motifs is 1. The van der Waals surface area contributed by atoms with Crippen molar-refractivity contribution in [2.45, 2.75) is 38.1 Å². The highest BCUT2D eigenvalue weighted by molar-refractivity contribution is 5.66. The lowest BCUT2D eigenvalue weighted by Crippen LogP contribution is -2.18. The van der Waals surface area contributed by atoms with Crippen molar-refractivity contribution in [3.05, 3.63) is 17.5 Å². The van der Waals surface area contributed by atoms with Gasteiger partial charge in [-0.05, 0) is 43.7 Å². The number of carboxylic acid groups (broad SMARTS) is 1. The second-order valence-electron chi connectivity index (χ2n) is 4.26. The molecule has 0 aromatic carbocycles. The Labute approximate surface area is 94.2 Å². The predicted octanol–water partition coefficient (Wildman–Crippen LogP) is 0.736. The lowest BCUT2D eigenvalue weighted by atomic mass is 9.85. The Morgan fingerprint density at radius 2 is 2.50 bits per heavy atom. The number of hydrogen-bond donors (Lipinski definition) is 2. The third-order valence-electron chi connectivity index (χ3n) is 3.19. The van der Waals surface area contributed by atoms with Gasteiger partial charge in [0.2, 0.25) is 0 Å². The fourth-order valence-electron chi connectivity index (χ4n) is 2.48. The van der Waals surface area contributed by atoms with E-state index in [1.54, 1.807) is 4.68 Å². The molecule has 1 atom stereocenters. The van der Waals surface area contributed by atoms with Crippen LogP contribution in [0.4, 0.5) is 0 Å². The smallest absolute Gasteiger partial charge is 0.325 e. The van der Waals surface area contributed by atoms with Crippen molar-refractivity contribution < 1.29 is 9.90 Å². The van der Waals surface area contributed by atoms with Crippen LogP contribution in [0, 0.1) is 0 Å². The van der Waals surface area contributed by atoms with Crippen LogP contribution >= 0.6 is 0 Å². The molecule has 0 spiro atoms. The molecule has 1 unspecified atom stereocenters. The van der Waals surface area contributed by atoms with Crippen LogP contribution in [-0.2, 0) is 17.8 Å². The highest BCUT2D eigenvalue weighted by Crippen LogP contribution is 2.33. The third kappa shape index (κ3) is 2.09. The normalized spacial score (nSPS) is 19.4. The number of aromatic nitrogens is 2. The van der Waals surface area contributed by atoms with E-state index < -0.39 is 5.97 Å². The molecular formula is C11H17N3O2. The number of aliphatic carboxylic acids is 1. The molecule has 0 saturated carbocycles. The van der Waals surface area contributed by atoms with Crippen molar-refractivity contribution in [1.82, 2.24) is 9.78 Å². The molecule has 5 nitrogen and oxygen atoms in total. The standard InChI is InChI=1S/C11H17N3O2/c12-5-4-8-2-1-3-10-9(8)6-13-14(10)7-11(15)16/h6,8H,1-5,7,12H2,(H,15,16). The maximum Gasteiger partial charge on any atom is 0.325 e. The Balaban J connectivity index is 2.23. The van der Waals surface area contributed by atoms with Crippen molar-refractivity contribution in [2.75, 3.05) is 6.54 Å². The highest BCUT2D eigenvalue weighted by Gasteiger charge is 2.24. The number of carbonyl (C=O) groups is 1. The molecular weight excluding hydrogens is 206 g/mol. The van der Waals surface area contributed by atoms with Gasteiger partial charge >= 0.3 is 5.97 Å². The topological polar surface area (TPSA) is 81.1 Å². The largest absolute Gasteiger partial charge is 0.480 e. The summed E-state index contributed by atoms with van der Waals surface area (Å²) < 4.78 is 1.61. The Kier molecular flexibility index (Phi) is 3.24. The molecule has 3 N–H and O–H groups in total. The molecule has 0 saturated heterocycles. The minimum atomic E-state index is -0.841. The molecule has 1 aliphatic rings. The van der Waals surface area contributed by atoms with Crippen molar-refractivity contribution >= 4 is 5.97 Å². The number of carboxylic acids is 1. The van der Waals surface area contributed by atoms with Crippen LogP contribution in [0.5, 0.6) is 0 Å². The molecule has 0 bridgehead atoms. The van der Waals surface area contributed by atoms with E-state index in [9.17, 15) is 4.79 Å². The van der Waals surface area contributed by atoms with E-state index in [4.69, 9.17) is 10.8 Å². The summed E-state index contributed by atoms with van der Waals surface area (Å²) in [7, 11) is 0. The van der Waals surface area contributed by atoms with Crippen LogP contribution in [-0.4, -0.2) is 27.4 Å². The second-order valence-corrected chi connectivity index (χ2v) is 4.26. The molecule has 5 heteroatoms. The Hall–Kier alpha value is -1.36. The van der Waals surface area contributed by atoms with E-state index in [2.05, 4.69) is 5.10 Å². The summed E-state index contributed by atoms with van der Waals surface area (Å²) in [5, 5.41) is 12.9. The molecule has 1 heterocycles. The van der Waals surface area contributed by atoms with Crippen molar-refractivity contribution in [1.29, 1.82) is 0 Å². The molecule has 1 aromatic heterocycles. The second kappa shape index (κ2) is 4.65. The molecule has 0 fully saturated rings. The first-order valence-electron chi connectivity index (χ1n) is 5.68. The van der Waals surface area contributed by atoms with Gasteiger partial charge in [-0.15, -0.1) is 0 Å². The van der Waals surface area contributed by atoms with Gasteiger partial charge in [0.1, 0.15) is 6.54 Å². The summed E-state index contributed by atoms with van der Waals surface area (Å²) in [6.45, 7) is 0.638. The fourth-order valence-corrected chi connectivity index (χ4v) is 2.48. The average Bonchev–Trinajstić information content (AvgIpc) is 2.63. The van der Waals surface area contributed by atoms with Crippen LogP contribution in [0.25, 0.3) is 0 Å². The number of nitrogens with two attached hydrogens (primary N) is 1. The van der Waals surface area contributed by atoms with E-state index in [0.717, 1.165) is 31.4 Å². The zero-order valence-electron chi connectivity index (χ0n) is 9.22. The first kappa shape index (κ1) is 11.1. The van der Waals surface area contributed by atoms with Gasteiger partial charge in [-0.25, -0.2) is 0 Å². The predicted molar refractivity (Wildman–Crippen MR) is 59.2 cm³/mol. The van der Waals surface area contributed by atoms with Crippen molar-refractivity contribution in [3.63, 3.8) is 0 Å². The van der Waals surface area contributed by atoms with Crippen LogP contribution < -0.4 is 5.73 Å². The lowest BCUT2D eigenvalue weighted by Gasteiger charge is -2.22. The monoisotopic (exact) mass is 223 g/mol. The third-order valence-corrected chi connectivity index (χ3v) is 3.19. The highest BCUT2D eigenvalue weighted by atomic mass is 16.4. The zero-order valence-corrected chi connectivity index (χ0v) is 9.22. The molecule has 0 radical (unpaired) electrons. The van der Waals surface area contributed by atoms with Crippen LogP contribution in [0.15, 0.2) is 6.20 Å². The summed E-state index contributed by atoms with van der Waals surface area (Å²) in [6.07, 6.45) is 5.96. The van der Waals surface area contributed by atoms with Gasteiger partial charge in [0.05, 0.1) is 6.20 Å². The average molecular weight is 223 g/mol. The van der Waals surface area contributed by atoms with E-state index in [1.807, 2.05) is 6.20 Å². The van der Waals surface area contributed by atoms with E-state index in [-0.39, 0.29) is 6.54 Å². The minimum Gasteiger partial charge on any atom is -0.480 e. The van der Waals surface area contributed by atoms with Crippen molar-refractivity contribution in [3.8, 4) is 0 Å². The quantitative estimate of drug-likeness (QED) is 0.788. The summed E-state index contributed by atoms with van der Waals surface area (Å²) >= 11 is 0. The lowest BCUT2D eigenvalue weighted by molar-refractivity contribution is -0.137. The number of rotatable bonds is 4. The number of nitrogens with zero attached hydrogens (tertiary/aromatic N) is 2. The zero-order chi connectivity index (χ0) is 11.5. The fraction of sp³-hybridized carbons (Fsp3) is 0.636. The molecule has 88 valence electrons. The Bertz CT molecular complexity index is 387. The van der Waals surface area contributed by atoms with Crippen LogP contribution in [0.2, 0.25) is 0 Å². The molecule has 1 aliphatic carbocycles. The summed E-state index contributed by atoms with van der Waals surface area (Å²) in [5.41, 5.74) is 7.88. The maximum atomic E-state index is 10.7. The van der Waals surface area contributed by atoms with Gasteiger partial charge in [0, 0.05) is 5.69 Å². The first-order valence-corrected chi connectivity index (χ1v) is 5.68. The summed E-state index contributed by atoms with van der Waals surface area (Å²) in [4.78, 5) is 10.7. The van der Waals surface area contributed by atoms with Gasteiger partial charge in [0.15, 0.2) is 0 Å². The molecule has 0 amide bonds. The SMILES string of the molecule is NCCC1CCCc2c1cnn2CC(=O)O. The van der Waals surface area contributed by atoms with Crippen LogP contribution in [0.3, 0.4) is 0 Å². The Morgan fingerprint density at radius 1 is 1.69 bits per heavy atom. The van der Waals surface area contributed by atoms with Gasteiger partial charge in [0.25, 0.3) is 0 Å². The van der Waals surface area contributed by atoms with E-state index >= 15 is 0 Å². The van der Waals surface area contributed by atoms with Crippen LogP contribution in [0.1, 0.15) is 36.4 Å². The number of hydrogen-bond acceptors (Lipinski definition) is 3.